The van der Waals surface area contributed by atoms with Gasteiger partial charge in [0.15, 0.2) is 0 Å². The number of benzene rings is 2. The number of hydrogen-bond donors (Lipinski definition) is 1. The topological polar surface area (TPSA) is 59.4 Å². The Labute approximate surface area is 138 Å². The van der Waals surface area contributed by atoms with Crippen LogP contribution in [-0.2, 0) is 0 Å². The molecule has 0 saturated heterocycles. The van der Waals surface area contributed by atoms with Crippen LogP contribution in [0.3, 0.4) is 0 Å². The molecule has 116 valence electrons. The maximum absolute atomic E-state index is 11.6. The van der Waals surface area contributed by atoms with E-state index in [9.17, 15) is 9.90 Å². The van der Waals surface area contributed by atoms with Gasteiger partial charge >= 0.3 is 5.97 Å². The first-order valence-corrected chi connectivity index (χ1v) is 7.53. The molecule has 0 spiro atoms. The van der Waals surface area contributed by atoms with Gasteiger partial charge in [-0.2, -0.15) is 0 Å². The van der Waals surface area contributed by atoms with Crippen LogP contribution in [0.5, 0.6) is 5.75 Å². The van der Waals surface area contributed by atoms with E-state index >= 15 is 0 Å². The summed E-state index contributed by atoms with van der Waals surface area (Å²) in [5, 5.41) is 10.5. The van der Waals surface area contributed by atoms with Gasteiger partial charge in [-0.1, -0.05) is 11.6 Å². The third-order valence-electron chi connectivity index (χ3n) is 3.46. The molecule has 5 heteroatoms. The van der Waals surface area contributed by atoms with Gasteiger partial charge in [0, 0.05) is 16.0 Å². The molecular formula is C18H14ClNO3. The lowest BCUT2D eigenvalue weighted by molar-refractivity contribution is 0.0699. The zero-order valence-corrected chi connectivity index (χ0v) is 13.2. The Morgan fingerprint density at radius 3 is 2.57 bits per heavy atom. The minimum atomic E-state index is -1.01. The molecule has 3 aromatic rings. The predicted octanol–water partition coefficient (Wildman–Crippen LogP) is 4.65. The van der Waals surface area contributed by atoms with Crippen LogP contribution in [0.4, 0.5) is 0 Å². The second-order valence-corrected chi connectivity index (χ2v) is 5.42. The maximum atomic E-state index is 11.6. The van der Waals surface area contributed by atoms with Gasteiger partial charge in [0.25, 0.3) is 0 Å². The van der Waals surface area contributed by atoms with Crippen LogP contribution in [0.15, 0.2) is 48.5 Å². The third-order valence-corrected chi connectivity index (χ3v) is 3.70. The molecule has 0 unspecified atom stereocenters. The summed E-state index contributed by atoms with van der Waals surface area (Å²) in [7, 11) is 0. The zero-order chi connectivity index (χ0) is 16.4. The van der Waals surface area contributed by atoms with E-state index in [0.29, 0.717) is 28.2 Å². The molecule has 2 aromatic carbocycles. The molecule has 0 radical (unpaired) electrons. The Morgan fingerprint density at radius 2 is 1.91 bits per heavy atom. The average molecular weight is 328 g/mol. The van der Waals surface area contributed by atoms with Crippen LogP contribution in [-0.4, -0.2) is 22.7 Å². The summed E-state index contributed by atoms with van der Waals surface area (Å²) in [5.41, 5.74) is 2.20. The first-order chi connectivity index (χ1) is 11.1. The molecule has 1 N–H and O–H groups in total. The summed E-state index contributed by atoms with van der Waals surface area (Å²) < 4.78 is 5.41. The molecule has 3 rings (SSSR count). The molecule has 0 aliphatic rings. The van der Waals surface area contributed by atoms with Crippen molar-refractivity contribution in [2.24, 2.45) is 0 Å². The molecule has 0 atom stereocenters. The number of carboxylic acid groups (broad SMARTS) is 1. The van der Waals surface area contributed by atoms with E-state index < -0.39 is 5.97 Å². The Bertz CT molecular complexity index is 875. The fourth-order valence-corrected chi connectivity index (χ4v) is 2.58. The number of carboxylic acids is 1. The van der Waals surface area contributed by atoms with Gasteiger partial charge in [-0.05, 0) is 55.5 Å². The van der Waals surface area contributed by atoms with Crippen LogP contribution in [0, 0.1) is 0 Å². The van der Waals surface area contributed by atoms with Crippen molar-refractivity contribution >= 4 is 28.5 Å². The maximum Gasteiger partial charge on any atom is 0.336 e. The summed E-state index contributed by atoms with van der Waals surface area (Å²) in [5.74, 6) is -0.242. The Balaban J connectivity index is 2.14. The first kappa shape index (κ1) is 15.3. The van der Waals surface area contributed by atoms with E-state index in [-0.39, 0.29) is 5.56 Å². The number of halogens is 1. The highest BCUT2D eigenvalue weighted by atomic mass is 35.5. The molecule has 1 aromatic heterocycles. The highest BCUT2D eigenvalue weighted by molar-refractivity contribution is 6.31. The van der Waals surface area contributed by atoms with E-state index in [1.807, 2.05) is 31.2 Å². The SMILES string of the molecule is CCOc1ccc(-c2cc(C(=O)O)c3cc(Cl)ccc3n2)cc1. The largest absolute Gasteiger partial charge is 0.494 e. The van der Waals surface area contributed by atoms with Gasteiger partial charge < -0.3 is 9.84 Å². The van der Waals surface area contributed by atoms with Crippen molar-refractivity contribution in [3.63, 3.8) is 0 Å². The molecule has 0 amide bonds. The molecule has 23 heavy (non-hydrogen) atoms. The second-order valence-electron chi connectivity index (χ2n) is 4.98. The molecule has 0 aliphatic heterocycles. The van der Waals surface area contributed by atoms with Gasteiger partial charge in [0.1, 0.15) is 5.75 Å². The minimum absolute atomic E-state index is 0.182. The number of aromatic nitrogens is 1. The summed E-state index contributed by atoms with van der Waals surface area (Å²) in [6, 6.07) is 14.0. The molecule has 4 nitrogen and oxygen atoms in total. The summed E-state index contributed by atoms with van der Waals surface area (Å²) >= 11 is 5.96. The molecule has 0 fully saturated rings. The van der Waals surface area contributed by atoms with Crippen molar-refractivity contribution in [1.29, 1.82) is 0 Å². The quantitative estimate of drug-likeness (QED) is 0.757. The molecule has 0 bridgehead atoms. The minimum Gasteiger partial charge on any atom is -0.494 e. The van der Waals surface area contributed by atoms with Gasteiger partial charge in [0.2, 0.25) is 0 Å². The van der Waals surface area contributed by atoms with Crippen LogP contribution < -0.4 is 4.74 Å². The van der Waals surface area contributed by atoms with Crippen LogP contribution in [0.2, 0.25) is 5.02 Å². The van der Waals surface area contributed by atoms with Crippen molar-refractivity contribution in [2.75, 3.05) is 6.61 Å². The fraction of sp³-hybridized carbons (Fsp3) is 0.111. The number of rotatable bonds is 4. The molecular weight excluding hydrogens is 314 g/mol. The van der Waals surface area contributed by atoms with E-state index in [1.165, 1.54) is 0 Å². The number of fused-ring (bicyclic) bond motifs is 1. The summed E-state index contributed by atoms with van der Waals surface area (Å²) in [6.07, 6.45) is 0. The fourth-order valence-electron chi connectivity index (χ4n) is 2.41. The van der Waals surface area contributed by atoms with E-state index in [1.54, 1.807) is 24.3 Å². The highest BCUT2D eigenvalue weighted by Gasteiger charge is 2.13. The van der Waals surface area contributed by atoms with Crippen molar-refractivity contribution in [3.05, 3.63) is 59.1 Å². The van der Waals surface area contributed by atoms with Crippen LogP contribution >= 0.6 is 11.6 Å². The monoisotopic (exact) mass is 327 g/mol. The van der Waals surface area contributed by atoms with Gasteiger partial charge in [-0.15, -0.1) is 0 Å². The van der Waals surface area contributed by atoms with Crippen LogP contribution in [0.25, 0.3) is 22.2 Å². The smallest absolute Gasteiger partial charge is 0.336 e. The van der Waals surface area contributed by atoms with Gasteiger partial charge in [0.05, 0.1) is 23.4 Å². The highest BCUT2D eigenvalue weighted by Crippen LogP contribution is 2.28. The van der Waals surface area contributed by atoms with Gasteiger partial charge in [-0.25, -0.2) is 9.78 Å². The van der Waals surface area contributed by atoms with Crippen molar-refractivity contribution < 1.29 is 14.6 Å². The van der Waals surface area contributed by atoms with Crippen LogP contribution in [0.1, 0.15) is 17.3 Å². The molecule has 0 saturated carbocycles. The Morgan fingerprint density at radius 1 is 1.17 bits per heavy atom. The number of hydrogen-bond acceptors (Lipinski definition) is 3. The number of nitrogens with zero attached hydrogens (tertiary/aromatic N) is 1. The van der Waals surface area contributed by atoms with Crippen molar-refractivity contribution in [2.45, 2.75) is 6.92 Å². The zero-order valence-electron chi connectivity index (χ0n) is 12.4. The standard InChI is InChI=1S/C18H14ClNO3/c1-2-23-13-6-3-11(4-7-13)17-10-15(18(21)22)14-9-12(19)5-8-16(14)20-17/h3-10H,2H2,1H3,(H,21,22). The third kappa shape index (κ3) is 3.12. The van der Waals surface area contributed by atoms with Crippen molar-refractivity contribution in [1.82, 2.24) is 4.98 Å². The normalized spacial score (nSPS) is 10.7. The van der Waals surface area contributed by atoms with E-state index in [0.717, 1.165) is 11.3 Å². The number of carbonyl (C=O) groups is 1. The first-order valence-electron chi connectivity index (χ1n) is 7.15. The average Bonchev–Trinajstić information content (AvgIpc) is 2.55. The lowest BCUT2D eigenvalue weighted by atomic mass is 10.0. The summed E-state index contributed by atoms with van der Waals surface area (Å²) in [6.45, 7) is 2.51. The van der Waals surface area contributed by atoms with Crippen molar-refractivity contribution in [3.8, 4) is 17.0 Å². The Kier molecular flexibility index (Phi) is 4.17. The van der Waals surface area contributed by atoms with E-state index in [4.69, 9.17) is 16.3 Å². The molecule has 1 heterocycles. The summed E-state index contributed by atoms with van der Waals surface area (Å²) in [4.78, 5) is 16.1. The van der Waals surface area contributed by atoms with Gasteiger partial charge in [-0.3, -0.25) is 0 Å². The number of pyridine rings is 1. The molecule has 0 aliphatic carbocycles. The lowest BCUT2D eigenvalue weighted by Crippen LogP contribution is -2.00. The number of aromatic carboxylic acids is 1. The Hall–Kier alpha value is -2.59. The van der Waals surface area contributed by atoms with E-state index in [2.05, 4.69) is 4.98 Å². The predicted molar refractivity (Wildman–Crippen MR) is 90.3 cm³/mol. The number of ether oxygens (including phenoxy) is 1. The lowest BCUT2D eigenvalue weighted by Gasteiger charge is -2.08. The second kappa shape index (κ2) is 6.26.